The van der Waals surface area contributed by atoms with Crippen LogP contribution < -0.4 is 32.3 Å². The fraction of sp³-hybridized carbons (Fsp3) is 0.409. The van der Waals surface area contributed by atoms with E-state index in [9.17, 15) is 43.8 Å². The summed E-state index contributed by atoms with van der Waals surface area (Å²) in [4.78, 5) is 95.4. The van der Waals surface area contributed by atoms with Crippen molar-refractivity contribution in [1.29, 1.82) is 0 Å². The maximum Gasteiger partial charge on any atom is 0.260 e. The molecule has 3 aromatic carbocycles. The zero-order chi connectivity index (χ0) is 46.1. The number of carbonyl (C=O) groups excluding carboxylic acids is 7. The summed E-state index contributed by atoms with van der Waals surface area (Å²) in [6.07, 6.45) is -7.03. The van der Waals surface area contributed by atoms with Gasteiger partial charge in [-0.3, -0.25) is 38.5 Å². The Morgan fingerprint density at radius 3 is 2.36 bits per heavy atom. The molecule has 20 nitrogen and oxygen atoms in total. The number of nitrogens with zero attached hydrogens (tertiary/aromatic N) is 2. The molecule has 9 N–H and O–H groups in total. The SMILES string of the molecule is CC(=O)NC1C(OCc2ccccc2)OC(CO)C(O)C1OC(C)C(=O)N[C@@H](C)C(=O)N[C@@H](CCC(=O)NCCC(=O)Nc1ccc2c(c1)CN1C(=O)c3ccccc3C1=N2)C(N)=O. The van der Waals surface area contributed by atoms with E-state index in [0.717, 1.165) is 16.7 Å². The van der Waals surface area contributed by atoms with Gasteiger partial charge < -0.3 is 56.7 Å². The van der Waals surface area contributed by atoms with Crippen molar-refractivity contribution in [2.45, 2.75) is 102 Å². The zero-order valence-electron chi connectivity index (χ0n) is 35.4. The molecule has 6 rings (SSSR count). The third-order valence-electron chi connectivity index (χ3n) is 10.8. The van der Waals surface area contributed by atoms with Crippen molar-refractivity contribution in [3.05, 3.63) is 95.1 Å². The maximum absolute atomic E-state index is 13.2. The first kappa shape index (κ1) is 46.9. The number of hydrogen-bond donors (Lipinski definition) is 8. The van der Waals surface area contributed by atoms with E-state index in [-0.39, 0.29) is 44.2 Å². The van der Waals surface area contributed by atoms with E-state index in [2.05, 4.69) is 31.6 Å². The topological polar surface area (TPSA) is 289 Å². The lowest BCUT2D eigenvalue weighted by molar-refractivity contribution is -0.283. The van der Waals surface area contributed by atoms with Crippen LogP contribution in [0.3, 0.4) is 0 Å². The molecule has 3 aliphatic heterocycles. The molecule has 6 unspecified atom stereocenters. The summed E-state index contributed by atoms with van der Waals surface area (Å²) in [5.74, 6) is -3.48. The van der Waals surface area contributed by atoms with Crippen molar-refractivity contribution >= 4 is 58.6 Å². The summed E-state index contributed by atoms with van der Waals surface area (Å²) in [5.41, 5.74) is 9.60. The molecule has 64 heavy (non-hydrogen) atoms. The van der Waals surface area contributed by atoms with Gasteiger partial charge in [0, 0.05) is 37.6 Å². The van der Waals surface area contributed by atoms with Gasteiger partial charge in [0.05, 0.1) is 31.0 Å². The highest BCUT2D eigenvalue weighted by atomic mass is 16.7. The number of nitrogens with two attached hydrogens (primary N) is 1. The molecule has 7 amide bonds. The molecule has 3 heterocycles. The van der Waals surface area contributed by atoms with Crippen LogP contribution in [0, 0.1) is 0 Å². The van der Waals surface area contributed by atoms with E-state index in [4.69, 9.17) is 19.9 Å². The number of benzene rings is 3. The van der Waals surface area contributed by atoms with E-state index in [1.807, 2.05) is 42.5 Å². The molecule has 20 heteroatoms. The molecule has 0 aliphatic carbocycles. The van der Waals surface area contributed by atoms with Gasteiger partial charge in [-0.25, -0.2) is 4.99 Å². The maximum atomic E-state index is 13.2. The Bertz CT molecular complexity index is 2280. The molecule has 3 aliphatic rings. The summed E-state index contributed by atoms with van der Waals surface area (Å²) in [6, 6.07) is 17.9. The highest BCUT2D eigenvalue weighted by Gasteiger charge is 2.48. The average molecular weight is 885 g/mol. The molecule has 0 spiro atoms. The quantitative estimate of drug-likeness (QED) is 0.0791. The highest BCUT2D eigenvalue weighted by molar-refractivity contribution is 6.24. The number of ether oxygens (including phenoxy) is 3. The van der Waals surface area contributed by atoms with Gasteiger partial charge in [-0.15, -0.1) is 0 Å². The second-order valence-electron chi connectivity index (χ2n) is 15.6. The largest absolute Gasteiger partial charge is 0.394 e. The molecule has 8 atom stereocenters. The molecule has 3 aromatic rings. The van der Waals surface area contributed by atoms with Gasteiger partial charge in [0.15, 0.2) is 6.29 Å². The lowest BCUT2D eigenvalue weighted by atomic mass is 9.96. The van der Waals surface area contributed by atoms with E-state index in [1.54, 1.807) is 35.2 Å². The second kappa shape index (κ2) is 21.2. The number of carbonyl (C=O) groups is 7. The fourth-order valence-electron chi connectivity index (χ4n) is 7.39. The van der Waals surface area contributed by atoms with Gasteiger partial charge in [0.25, 0.3) is 5.91 Å². The van der Waals surface area contributed by atoms with Gasteiger partial charge in [-0.1, -0.05) is 48.5 Å². The van der Waals surface area contributed by atoms with Crippen LogP contribution in [0.15, 0.2) is 77.8 Å². The Kier molecular flexibility index (Phi) is 15.5. The number of anilines is 1. The number of amides is 7. The van der Waals surface area contributed by atoms with Gasteiger partial charge >= 0.3 is 0 Å². The smallest absolute Gasteiger partial charge is 0.260 e. The number of hydrogen-bond acceptors (Lipinski definition) is 13. The van der Waals surface area contributed by atoms with Crippen molar-refractivity contribution in [3.63, 3.8) is 0 Å². The number of aliphatic hydroxyl groups is 2. The molecule has 1 fully saturated rings. The van der Waals surface area contributed by atoms with E-state index in [1.165, 1.54) is 20.8 Å². The van der Waals surface area contributed by atoms with E-state index < -0.39 is 85.0 Å². The molecule has 0 aromatic heterocycles. The number of aliphatic hydroxyl groups excluding tert-OH is 2. The van der Waals surface area contributed by atoms with Crippen LogP contribution in [0.25, 0.3) is 0 Å². The molecular weight excluding hydrogens is 833 g/mol. The van der Waals surface area contributed by atoms with Gasteiger partial charge in [0.2, 0.25) is 35.4 Å². The molecular formula is C44H52N8O12. The third kappa shape index (κ3) is 11.5. The van der Waals surface area contributed by atoms with Crippen LogP contribution >= 0.6 is 0 Å². The van der Waals surface area contributed by atoms with Gasteiger partial charge in [-0.2, -0.15) is 0 Å². The third-order valence-corrected chi connectivity index (χ3v) is 10.8. The minimum absolute atomic E-state index is 0.0286. The van der Waals surface area contributed by atoms with Crippen LogP contribution in [0.2, 0.25) is 0 Å². The summed E-state index contributed by atoms with van der Waals surface area (Å²) in [6.45, 7) is 3.62. The first-order valence-electron chi connectivity index (χ1n) is 20.8. The van der Waals surface area contributed by atoms with Crippen LogP contribution in [-0.2, 0) is 56.1 Å². The fourth-order valence-corrected chi connectivity index (χ4v) is 7.39. The molecule has 1 saturated heterocycles. The van der Waals surface area contributed by atoms with Crippen LogP contribution in [0.4, 0.5) is 11.4 Å². The Labute approximate surface area is 368 Å². The van der Waals surface area contributed by atoms with Crippen molar-refractivity contribution in [1.82, 2.24) is 26.2 Å². The normalized spacial score (nSPS) is 21.1. The Hall–Kier alpha value is -6.58. The predicted octanol–water partition coefficient (Wildman–Crippen LogP) is 0.00740. The minimum atomic E-state index is -1.51. The Morgan fingerprint density at radius 1 is 0.938 bits per heavy atom. The van der Waals surface area contributed by atoms with Crippen LogP contribution in [-0.4, -0.2) is 124 Å². The summed E-state index contributed by atoms with van der Waals surface area (Å²) in [5, 5.41) is 33.9. The van der Waals surface area contributed by atoms with Crippen molar-refractivity contribution in [2.75, 3.05) is 18.5 Å². The molecule has 340 valence electrons. The van der Waals surface area contributed by atoms with Crippen molar-refractivity contribution in [2.24, 2.45) is 10.7 Å². The molecule has 0 bridgehead atoms. The summed E-state index contributed by atoms with van der Waals surface area (Å²) >= 11 is 0. The summed E-state index contributed by atoms with van der Waals surface area (Å²) < 4.78 is 17.6. The average Bonchev–Trinajstić information content (AvgIpc) is 3.54. The van der Waals surface area contributed by atoms with Crippen LogP contribution in [0.1, 0.15) is 67.1 Å². The number of rotatable bonds is 19. The first-order valence-corrected chi connectivity index (χ1v) is 20.8. The summed E-state index contributed by atoms with van der Waals surface area (Å²) in [7, 11) is 0. The monoisotopic (exact) mass is 884 g/mol. The van der Waals surface area contributed by atoms with Gasteiger partial charge in [-0.05, 0) is 55.7 Å². The lowest BCUT2D eigenvalue weighted by Crippen LogP contribution is -2.66. The lowest BCUT2D eigenvalue weighted by Gasteiger charge is -2.44. The Balaban J connectivity index is 0.936. The number of primary amides is 1. The van der Waals surface area contributed by atoms with Gasteiger partial charge in [0.1, 0.15) is 48.4 Å². The van der Waals surface area contributed by atoms with E-state index in [0.29, 0.717) is 29.3 Å². The number of nitrogens with one attached hydrogen (secondary N) is 5. The molecule has 0 saturated carbocycles. The standard InChI is InChI=1S/C44H52N8O12/c1-23(47-42(60)24(2)63-38-36(48-25(3)54)44(64-33(21-53)37(38)57)62-22-26-9-5-4-6-10-26)41(59)51-32(39(45)58)15-16-34(55)46-18-17-35(56)49-28-13-14-31-27(19-28)20-52-40(50-31)29-11-7-8-12-30(29)43(52)61/h4-14,19,23-24,32-33,36-38,44,53,57H,15-18,20-22H2,1-3H3,(H2,45,58)(H,46,55)(H,47,60)(H,48,54)(H,49,56)(H,51,59)/t23-,24?,32-,33?,36?,37?,38?,44?/m0/s1. The molecule has 0 radical (unpaired) electrons. The second-order valence-corrected chi connectivity index (χ2v) is 15.6. The zero-order valence-corrected chi connectivity index (χ0v) is 35.4. The van der Waals surface area contributed by atoms with Crippen molar-refractivity contribution in [3.8, 4) is 0 Å². The van der Waals surface area contributed by atoms with E-state index >= 15 is 0 Å². The highest BCUT2D eigenvalue weighted by Crippen LogP contribution is 2.35. The predicted molar refractivity (Wildman–Crippen MR) is 228 cm³/mol. The number of fused-ring (bicyclic) bond motifs is 4. The minimum Gasteiger partial charge on any atom is -0.394 e. The number of aliphatic imine (C=N–C) groups is 1. The van der Waals surface area contributed by atoms with Crippen LogP contribution in [0.5, 0.6) is 0 Å². The first-order chi connectivity index (χ1) is 30.6. The Morgan fingerprint density at radius 2 is 1.66 bits per heavy atom. The number of amidine groups is 1. The van der Waals surface area contributed by atoms with Crippen molar-refractivity contribution < 1.29 is 58.0 Å².